The van der Waals surface area contributed by atoms with Crippen molar-refractivity contribution in [1.82, 2.24) is 0 Å². The third-order valence-corrected chi connectivity index (χ3v) is 7.12. The number of amides is 1. The van der Waals surface area contributed by atoms with E-state index in [0.29, 0.717) is 26.5 Å². The summed E-state index contributed by atoms with van der Waals surface area (Å²) < 4.78 is 5.99. The maximum Gasteiger partial charge on any atom is 0.266 e. The van der Waals surface area contributed by atoms with Crippen LogP contribution in [-0.2, 0) is 4.79 Å². The zero-order chi connectivity index (χ0) is 22.1. The van der Waals surface area contributed by atoms with Gasteiger partial charge in [-0.2, -0.15) is 0 Å². The molecule has 6 heteroatoms. The third kappa shape index (κ3) is 4.09. The minimum absolute atomic E-state index is 0.0532. The first-order valence-corrected chi connectivity index (χ1v) is 11.6. The van der Waals surface area contributed by atoms with Crippen molar-refractivity contribution in [3.63, 3.8) is 0 Å². The van der Waals surface area contributed by atoms with Crippen LogP contribution in [0.1, 0.15) is 16.7 Å². The number of rotatable bonds is 4. The second-order valence-electron chi connectivity index (χ2n) is 7.23. The number of anilines is 1. The predicted molar refractivity (Wildman–Crippen MR) is 133 cm³/mol. The topological polar surface area (TPSA) is 33.5 Å². The van der Waals surface area contributed by atoms with E-state index in [-0.39, 0.29) is 11.3 Å². The van der Waals surface area contributed by atoms with Crippen LogP contribution in [0.5, 0.6) is 0 Å². The Morgan fingerprint density at radius 1 is 0.844 bits per heavy atom. The zero-order valence-corrected chi connectivity index (χ0v) is 19.1. The maximum atomic E-state index is 13.4. The average Bonchev–Trinajstić information content (AvgIpc) is 3.42. The molecule has 3 nitrogen and oxygen atoms in total. The molecule has 0 aliphatic carbocycles. The van der Waals surface area contributed by atoms with Gasteiger partial charge in [0.1, 0.15) is 16.9 Å². The van der Waals surface area contributed by atoms with Crippen molar-refractivity contribution >= 4 is 52.6 Å². The van der Waals surface area contributed by atoms with Crippen molar-refractivity contribution in [2.45, 2.75) is 5.37 Å². The minimum atomic E-state index is -0.151. The van der Waals surface area contributed by atoms with Crippen molar-refractivity contribution in [3.8, 4) is 11.3 Å². The van der Waals surface area contributed by atoms with Gasteiger partial charge in [0, 0.05) is 17.3 Å². The summed E-state index contributed by atoms with van der Waals surface area (Å²) in [5.74, 6) is 1.21. The fourth-order valence-electron chi connectivity index (χ4n) is 3.58. The summed E-state index contributed by atoms with van der Waals surface area (Å²) in [6, 6.07) is 28.8. The van der Waals surface area contributed by atoms with E-state index in [1.165, 1.54) is 11.8 Å². The number of furan rings is 1. The fourth-order valence-corrected chi connectivity index (χ4v) is 5.12. The predicted octanol–water partition coefficient (Wildman–Crippen LogP) is 8.07. The van der Waals surface area contributed by atoms with Crippen molar-refractivity contribution < 1.29 is 9.21 Å². The molecular formula is C26H17Cl2NO2S. The van der Waals surface area contributed by atoms with E-state index in [2.05, 4.69) is 0 Å². The van der Waals surface area contributed by atoms with Crippen LogP contribution in [-0.4, -0.2) is 5.91 Å². The number of hydrogen-bond acceptors (Lipinski definition) is 3. The Labute approximate surface area is 200 Å². The highest BCUT2D eigenvalue weighted by molar-refractivity contribution is 8.05. The lowest BCUT2D eigenvalue weighted by Crippen LogP contribution is -2.27. The Bertz CT molecular complexity index is 1300. The van der Waals surface area contributed by atoms with Crippen molar-refractivity contribution in [2.24, 2.45) is 0 Å². The molecule has 3 aromatic carbocycles. The molecule has 0 N–H and O–H groups in total. The summed E-state index contributed by atoms with van der Waals surface area (Å²) in [6.45, 7) is 0. The highest BCUT2D eigenvalue weighted by Gasteiger charge is 2.38. The Kier molecular flexibility index (Phi) is 5.83. The van der Waals surface area contributed by atoms with Gasteiger partial charge in [-0.1, -0.05) is 83.5 Å². The molecule has 0 bridgehead atoms. The normalized spacial score (nSPS) is 17.3. The first-order chi connectivity index (χ1) is 15.6. The Balaban J connectivity index is 1.49. The molecule has 5 rings (SSSR count). The summed E-state index contributed by atoms with van der Waals surface area (Å²) in [5.41, 5.74) is 2.75. The van der Waals surface area contributed by atoms with E-state index in [1.54, 1.807) is 18.2 Å². The molecular weight excluding hydrogens is 461 g/mol. The molecule has 1 aliphatic rings. The van der Waals surface area contributed by atoms with E-state index in [0.717, 1.165) is 16.8 Å². The van der Waals surface area contributed by atoms with Crippen molar-refractivity contribution in [1.29, 1.82) is 0 Å². The van der Waals surface area contributed by atoms with Gasteiger partial charge in [-0.25, -0.2) is 0 Å². The largest absolute Gasteiger partial charge is 0.457 e. The number of carbonyl (C=O) groups is 1. The highest BCUT2D eigenvalue weighted by atomic mass is 35.5. The summed E-state index contributed by atoms with van der Waals surface area (Å²) in [4.78, 5) is 15.9. The molecule has 2 heterocycles. The second kappa shape index (κ2) is 8.91. The monoisotopic (exact) mass is 477 g/mol. The van der Waals surface area contributed by atoms with Crippen LogP contribution in [0.15, 0.2) is 100 Å². The molecule has 1 aliphatic heterocycles. The number of benzene rings is 3. The van der Waals surface area contributed by atoms with Gasteiger partial charge in [0.05, 0.1) is 15.0 Å². The molecule has 0 spiro atoms. The second-order valence-corrected chi connectivity index (χ2v) is 9.17. The molecule has 0 unspecified atom stereocenters. The van der Waals surface area contributed by atoms with E-state index in [9.17, 15) is 4.79 Å². The van der Waals surface area contributed by atoms with Crippen molar-refractivity contribution in [2.75, 3.05) is 4.90 Å². The minimum Gasteiger partial charge on any atom is -0.457 e. The van der Waals surface area contributed by atoms with Crippen molar-refractivity contribution in [3.05, 3.63) is 117 Å². The standard InChI is InChI=1S/C26H17Cl2NO2S/c27-21-13-11-18(15-22(21)28)23-14-12-20(31-23)16-24-25(30)29(19-9-5-2-6-10-19)26(32-24)17-7-3-1-4-8-17/h1-16,26H/b24-16-/t26-/m0/s1. The highest BCUT2D eigenvalue weighted by Crippen LogP contribution is 2.48. The van der Waals surface area contributed by atoms with Gasteiger partial charge in [0.15, 0.2) is 0 Å². The van der Waals surface area contributed by atoms with Gasteiger partial charge < -0.3 is 4.42 Å². The first kappa shape index (κ1) is 21.0. The molecule has 0 radical (unpaired) electrons. The summed E-state index contributed by atoms with van der Waals surface area (Å²) in [7, 11) is 0. The molecule has 0 saturated carbocycles. The first-order valence-electron chi connectivity index (χ1n) is 9.97. The smallest absolute Gasteiger partial charge is 0.266 e. The molecule has 1 amide bonds. The number of hydrogen-bond donors (Lipinski definition) is 0. The SMILES string of the molecule is O=C1/C(=C/c2ccc(-c3ccc(Cl)c(Cl)c3)o2)S[C@@H](c2ccccc2)N1c1ccccc1. The van der Waals surface area contributed by atoms with Gasteiger partial charge in [0.2, 0.25) is 0 Å². The average molecular weight is 478 g/mol. The number of thioether (sulfide) groups is 1. The molecule has 32 heavy (non-hydrogen) atoms. The van der Waals surface area contributed by atoms with E-state index < -0.39 is 0 Å². The van der Waals surface area contributed by atoms with Gasteiger partial charge in [-0.05, 0) is 48.0 Å². The number of para-hydroxylation sites is 1. The zero-order valence-electron chi connectivity index (χ0n) is 16.7. The number of nitrogens with zero attached hydrogens (tertiary/aromatic N) is 1. The van der Waals surface area contributed by atoms with Crippen LogP contribution >= 0.6 is 35.0 Å². The van der Waals surface area contributed by atoms with E-state index in [4.69, 9.17) is 27.6 Å². The quantitative estimate of drug-likeness (QED) is 0.278. The molecule has 4 aromatic rings. The van der Waals surface area contributed by atoms with Crippen LogP contribution in [0.3, 0.4) is 0 Å². The lowest BCUT2D eigenvalue weighted by Gasteiger charge is -2.23. The number of halogens is 2. The molecule has 1 atom stereocenters. The van der Waals surface area contributed by atoms with Crippen LogP contribution in [0.2, 0.25) is 10.0 Å². The van der Waals surface area contributed by atoms with Crippen LogP contribution in [0, 0.1) is 0 Å². The Morgan fingerprint density at radius 2 is 1.56 bits per heavy atom. The summed E-state index contributed by atoms with van der Waals surface area (Å²) in [5, 5.41) is 0.804. The van der Waals surface area contributed by atoms with Gasteiger partial charge in [-0.15, -0.1) is 0 Å². The lowest BCUT2D eigenvalue weighted by molar-refractivity contribution is -0.114. The van der Waals surface area contributed by atoms with Gasteiger partial charge in [-0.3, -0.25) is 9.69 Å². The molecule has 1 saturated heterocycles. The Morgan fingerprint density at radius 3 is 2.28 bits per heavy atom. The van der Waals surface area contributed by atoms with Crippen LogP contribution in [0.25, 0.3) is 17.4 Å². The van der Waals surface area contributed by atoms with Gasteiger partial charge in [0.25, 0.3) is 5.91 Å². The third-order valence-electron chi connectivity index (χ3n) is 5.13. The van der Waals surface area contributed by atoms with Crippen LogP contribution < -0.4 is 4.90 Å². The fraction of sp³-hybridized carbons (Fsp3) is 0.0385. The summed E-state index contributed by atoms with van der Waals surface area (Å²) in [6.07, 6.45) is 1.80. The van der Waals surface area contributed by atoms with E-state index in [1.807, 2.05) is 83.8 Å². The Hall–Kier alpha value is -2.92. The lowest BCUT2D eigenvalue weighted by atomic mass is 10.2. The molecule has 158 valence electrons. The van der Waals surface area contributed by atoms with Gasteiger partial charge >= 0.3 is 0 Å². The molecule has 1 aromatic heterocycles. The van der Waals surface area contributed by atoms with Crippen LogP contribution in [0.4, 0.5) is 5.69 Å². The summed E-state index contributed by atoms with van der Waals surface area (Å²) >= 11 is 13.7. The maximum absolute atomic E-state index is 13.4. The molecule has 1 fully saturated rings. The number of carbonyl (C=O) groups excluding carboxylic acids is 1. The van der Waals surface area contributed by atoms with E-state index >= 15 is 0 Å².